The van der Waals surface area contributed by atoms with E-state index in [-0.39, 0.29) is 0 Å². The van der Waals surface area contributed by atoms with Crippen LogP contribution in [-0.2, 0) is 5.41 Å². The fourth-order valence-corrected chi connectivity index (χ4v) is 9.85. The van der Waals surface area contributed by atoms with E-state index in [0.717, 1.165) is 39.4 Å². The second-order valence-corrected chi connectivity index (χ2v) is 13.8. The number of pyridine rings is 1. The summed E-state index contributed by atoms with van der Waals surface area (Å²) in [6.45, 7) is 0. The SMILES string of the molecule is c1ccc2c(c1)-c1ccccc1C21c2ccccc2-c2c1cc1c3ncc(-c4ccc5sc6ccncc6c5c4)n3c3nccnc3n21. The molecule has 2 aliphatic rings. The Kier molecular flexibility index (Phi) is 4.47. The number of fused-ring (bicyclic) bond motifs is 20. The number of nitrogens with zero attached hydrogens (tertiary/aromatic N) is 6. The molecule has 0 radical (unpaired) electrons. The number of hydrogen-bond acceptors (Lipinski definition) is 5. The van der Waals surface area contributed by atoms with Crippen molar-refractivity contribution >= 4 is 54.0 Å². The summed E-state index contributed by atoms with van der Waals surface area (Å²) in [5.41, 5.74) is 15.2. The van der Waals surface area contributed by atoms with E-state index in [2.05, 4.69) is 117 Å². The van der Waals surface area contributed by atoms with Crippen molar-refractivity contribution in [3.8, 4) is 33.6 Å². The molecule has 0 bridgehead atoms. The second-order valence-electron chi connectivity index (χ2n) is 12.7. The normalized spacial score (nSPS) is 14.0. The van der Waals surface area contributed by atoms with E-state index in [1.165, 1.54) is 59.1 Å². The first kappa shape index (κ1) is 25.0. The van der Waals surface area contributed by atoms with E-state index in [9.17, 15) is 0 Å². The molecule has 0 saturated heterocycles. The lowest BCUT2D eigenvalue weighted by Crippen LogP contribution is -2.25. The zero-order chi connectivity index (χ0) is 31.1. The van der Waals surface area contributed by atoms with Gasteiger partial charge in [-0.3, -0.25) is 13.8 Å². The summed E-state index contributed by atoms with van der Waals surface area (Å²) >= 11 is 1.79. The Morgan fingerprint density at radius 3 is 1.96 bits per heavy atom. The van der Waals surface area contributed by atoms with E-state index in [1.807, 2.05) is 18.6 Å². The summed E-state index contributed by atoms with van der Waals surface area (Å²) < 4.78 is 6.98. The van der Waals surface area contributed by atoms with Crippen LogP contribution in [0.1, 0.15) is 22.3 Å². The van der Waals surface area contributed by atoms with Crippen LogP contribution < -0.4 is 0 Å². The van der Waals surface area contributed by atoms with Gasteiger partial charge in [0.25, 0.3) is 0 Å². The molecular formula is C41H22N6S. The summed E-state index contributed by atoms with van der Waals surface area (Å²) in [5, 5.41) is 2.37. The lowest BCUT2D eigenvalue weighted by atomic mass is 9.71. The van der Waals surface area contributed by atoms with Crippen molar-refractivity contribution in [2.45, 2.75) is 5.41 Å². The average molecular weight is 631 g/mol. The Balaban J connectivity index is 1.22. The van der Waals surface area contributed by atoms with Crippen molar-refractivity contribution in [3.05, 3.63) is 156 Å². The zero-order valence-electron chi connectivity index (χ0n) is 25.3. The van der Waals surface area contributed by atoms with Crippen LogP contribution in [0, 0.1) is 0 Å². The van der Waals surface area contributed by atoms with Crippen molar-refractivity contribution in [1.82, 2.24) is 28.7 Å². The summed E-state index contributed by atoms with van der Waals surface area (Å²) in [6, 6.07) is 37.8. The maximum Gasteiger partial charge on any atom is 0.183 e. The van der Waals surface area contributed by atoms with E-state index in [4.69, 9.17) is 15.0 Å². The number of hydrogen-bond donors (Lipinski definition) is 0. The first-order valence-electron chi connectivity index (χ1n) is 16.0. The van der Waals surface area contributed by atoms with Crippen molar-refractivity contribution in [2.24, 2.45) is 0 Å². The molecule has 1 spiro atoms. The van der Waals surface area contributed by atoms with E-state index >= 15 is 0 Å². The topological polar surface area (TPSA) is 60.4 Å². The van der Waals surface area contributed by atoms with E-state index < -0.39 is 5.41 Å². The highest BCUT2D eigenvalue weighted by Crippen LogP contribution is 2.63. The van der Waals surface area contributed by atoms with Crippen molar-refractivity contribution in [1.29, 1.82) is 0 Å². The molecule has 6 heterocycles. The van der Waals surface area contributed by atoms with Gasteiger partial charge in [-0.05, 0) is 57.6 Å². The van der Waals surface area contributed by atoms with Crippen LogP contribution in [0.2, 0.25) is 0 Å². The second kappa shape index (κ2) is 8.59. The molecule has 0 fully saturated rings. The van der Waals surface area contributed by atoms with E-state index in [0.29, 0.717) is 0 Å². The van der Waals surface area contributed by atoms with Crippen LogP contribution in [0.4, 0.5) is 0 Å². The Bertz CT molecular complexity index is 2990. The molecule has 2 aliphatic carbocycles. The minimum absolute atomic E-state index is 0.453. The van der Waals surface area contributed by atoms with Gasteiger partial charge in [-0.2, -0.15) is 0 Å². The molecule has 48 heavy (non-hydrogen) atoms. The van der Waals surface area contributed by atoms with Gasteiger partial charge in [0.05, 0.1) is 28.5 Å². The molecule has 4 aromatic carbocycles. The van der Waals surface area contributed by atoms with Crippen molar-refractivity contribution in [2.75, 3.05) is 0 Å². The molecular weight excluding hydrogens is 609 g/mol. The minimum Gasteiger partial charge on any atom is -0.287 e. The van der Waals surface area contributed by atoms with Crippen molar-refractivity contribution < 1.29 is 0 Å². The largest absolute Gasteiger partial charge is 0.287 e. The van der Waals surface area contributed by atoms with Gasteiger partial charge in [0.2, 0.25) is 0 Å². The molecule has 0 amide bonds. The Morgan fingerprint density at radius 1 is 0.521 bits per heavy atom. The quantitative estimate of drug-likeness (QED) is 0.181. The highest BCUT2D eigenvalue weighted by Gasteiger charge is 2.53. The standard InChI is InChI=1S/C41H22N6S/c1-4-10-29-24(7-1)25-8-2-5-11-30(25)41(29)31-12-6-3-9-26(31)37-32(41)20-33-38-45-22-34(47(38)40-39(46(33)37)43-17-18-44-40)23-13-14-35-27(19-23)28-21-42-16-15-36(28)48-35/h1-22H. The average Bonchev–Trinajstić information content (AvgIpc) is 3.95. The molecule has 0 atom stereocenters. The fourth-order valence-electron chi connectivity index (χ4n) is 8.79. The predicted molar refractivity (Wildman–Crippen MR) is 192 cm³/mol. The van der Waals surface area contributed by atoms with Gasteiger partial charge in [0.1, 0.15) is 0 Å². The van der Waals surface area contributed by atoms with Crippen LogP contribution in [0.5, 0.6) is 0 Å². The van der Waals surface area contributed by atoms with Crippen LogP contribution in [-0.4, -0.2) is 28.7 Å². The summed E-state index contributed by atoms with van der Waals surface area (Å²) in [4.78, 5) is 19.6. The summed E-state index contributed by atoms with van der Waals surface area (Å²) in [5.74, 6) is 0. The number of thiophene rings is 1. The molecule has 0 unspecified atom stereocenters. The molecule has 10 aromatic rings. The van der Waals surface area contributed by atoms with Gasteiger partial charge in [-0.25, -0.2) is 15.0 Å². The third kappa shape index (κ3) is 2.78. The molecule has 0 N–H and O–H groups in total. The van der Waals surface area contributed by atoms with Crippen LogP contribution in [0.25, 0.3) is 76.3 Å². The molecule has 7 heteroatoms. The zero-order valence-corrected chi connectivity index (χ0v) is 26.1. The smallest absolute Gasteiger partial charge is 0.183 e. The van der Waals surface area contributed by atoms with Crippen LogP contribution >= 0.6 is 11.3 Å². The van der Waals surface area contributed by atoms with Gasteiger partial charge >= 0.3 is 0 Å². The Morgan fingerprint density at radius 2 is 1.19 bits per heavy atom. The predicted octanol–water partition coefficient (Wildman–Crippen LogP) is 9.30. The fraction of sp³-hybridized carbons (Fsp3) is 0.0244. The monoisotopic (exact) mass is 630 g/mol. The molecule has 12 rings (SSSR count). The van der Waals surface area contributed by atoms with Crippen molar-refractivity contribution in [3.63, 3.8) is 0 Å². The van der Waals surface area contributed by atoms with E-state index in [1.54, 1.807) is 23.7 Å². The molecule has 0 aliphatic heterocycles. The number of imidazole rings is 1. The Hall–Kier alpha value is -6.18. The highest BCUT2D eigenvalue weighted by molar-refractivity contribution is 7.25. The van der Waals surface area contributed by atoms with Crippen LogP contribution in [0.15, 0.2) is 134 Å². The molecule has 222 valence electrons. The van der Waals surface area contributed by atoms with Gasteiger partial charge in [-0.15, -0.1) is 11.3 Å². The third-order valence-corrected chi connectivity index (χ3v) is 11.7. The molecule has 0 saturated carbocycles. The third-order valence-electron chi connectivity index (χ3n) is 10.6. The highest BCUT2D eigenvalue weighted by atomic mass is 32.1. The minimum atomic E-state index is -0.453. The first-order chi connectivity index (χ1) is 23.8. The summed E-state index contributed by atoms with van der Waals surface area (Å²) in [7, 11) is 0. The number of aromatic nitrogens is 6. The summed E-state index contributed by atoms with van der Waals surface area (Å²) in [6.07, 6.45) is 9.38. The maximum atomic E-state index is 5.14. The first-order valence-corrected chi connectivity index (χ1v) is 16.9. The van der Waals surface area contributed by atoms with Gasteiger partial charge in [0.15, 0.2) is 16.9 Å². The van der Waals surface area contributed by atoms with Gasteiger partial charge in [-0.1, -0.05) is 78.9 Å². The molecule has 6 nitrogen and oxygen atoms in total. The molecule has 6 aromatic heterocycles. The van der Waals surface area contributed by atoms with Crippen LogP contribution in [0.3, 0.4) is 0 Å². The van der Waals surface area contributed by atoms with Gasteiger partial charge < -0.3 is 0 Å². The number of benzene rings is 4. The van der Waals surface area contributed by atoms with Gasteiger partial charge in [0, 0.05) is 56.1 Å². The lowest BCUT2D eigenvalue weighted by molar-refractivity contribution is 0.795. The maximum absolute atomic E-state index is 5.14. The lowest BCUT2D eigenvalue weighted by Gasteiger charge is -2.29. The Labute approximate surface area is 277 Å². The number of rotatable bonds is 1.